The number of aliphatic hydroxyl groups is 1. The number of piperidine rings is 1. The van der Waals surface area contributed by atoms with Crippen LogP contribution in [0.1, 0.15) is 24.8 Å². The highest BCUT2D eigenvalue weighted by Gasteiger charge is 2.29. The van der Waals surface area contributed by atoms with Crippen molar-refractivity contribution in [3.05, 3.63) is 29.8 Å². The third-order valence-electron chi connectivity index (χ3n) is 5.10. The van der Waals surface area contributed by atoms with Crippen molar-refractivity contribution < 1.29 is 14.6 Å². The molecule has 1 atom stereocenters. The first-order valence-corrected chi connectivity index (χ1v) is 9.27. The van der Waals surface area contributed by atoms with Crippen LogP contribution in [0.4, 0.5) is 4.79 Å². The number of rotatable bonds is 6. The van der Waals surface area contributed by atoms with Crippen LogP contribution in [0.15, 0.2) is 24.3 Å². The number of ether oxygens (including phenoxy) is 1. The fraction of sp³-hybridized carbons (Fsp3) is 0.632. The summed E-state index contributed by atoms with van der Waals surface area (Å²) in [6.07, 6.45) is 2.47. The molecule has 1 aromatic carbocycles. The van der Waals surface area contributed by atoms with E-state index in [0.717, 1.165) is 56.8 Å². The Bertz CT molecular complexity index is 573. The van der Waals surface area contributed by atoms with Crippen molar-refractivity contribution in [2.45, 2.75) is 38.3 Å². The van der Waals surface area contributed by atoms with Crippen molar-refractivity contribution in [2.75, 3.05) is 39.3 Å². The Hall–Kier alpha value is -1.79. The summed E-state index contributed by atoms with van der Waals surface area (Å²) in [4.78, 5) is 16.2. The number of hydrogen-bond acceptors (Lipinski definition) is 4. The van der Waals surface area contributed by atoms with Crippen molar-refractivity contribution in [2.24, 2.45) is 0 Å². The van der Waals surface area contributed by atoms with Gasteiger partial charge in [-0.3, -0.25) is 0 Å². The SMILES string of the molecule is Cc1ccccc1OCC(O)CN1CCC(N2CCCNC2=O)CC1. The molecule has 2 fully saturated rings. The van der Waals surface area contributed by atoms with Gasteiger partial charge in [0.15, 0.2) is 0 Å². The largest absolute Gasteiger partial charge is 0.491 e. The zero-order valence-electron chi connectivity index (χ0n) is 15.0. The first-order chi connectivity index (χ1) is 12.1. The normalized spacial score (nSPS) is 21.0. The molecule has 3 rings (SSSR count). The van der Waals surface area contributed by atoms with Gasteiger partial charge in [-0.1, -0.05) is 18.2 Å². The molecular weight excluding hydrogens is 318 g/mol. The number of benzene rings is 1. The zero-order chi connectivity index (χ0) is 17.6. The Morgan fingerprint density at radius 1 is 1.28 bits per heavy atom. The van der Waals surface area contributed by atoms with Gasteiger partial charge in [-0.2, -0.15) is 0 Å². The zero-order valence-corrected chi connectivity index (χ0v) is 15.0. The molecule has 6 heteroatoms. The van der Waals surface area contributed by atoms with Crippen LogP contribution >= 0.6 is 0 Å². The summed E-state index contributed by atoms with van der Waals surface area (Å²) >= 11 is 0. The summed E-state index contributed by atoms with van der Waals surface area (Å²) in [5.74, 6) is 0.830. The second-order valence-electron chi connectivity index (χ2n) is 7.04. The Morgan fingerprint density at radius 3 is 2.76 bits per heavy atom. The molecule has 0 bridgehead atoms. The second kappa shape index (κ2) is 8.54. The van der Waals surface area contributed by atoms with Gasteiger partial charge in [0.2, 0.25) is 0 Å². The Balaban J connectivity index is 1.39. The number of para-hydroxylation sites is 1. The lowest BCUT2D eigenvalue weighted by Gasteiger charge is -2.40. The molecule has 2 aliphatic rings. The predicted octanol–water partition coefficient (Wildman–Crippen LogP) is 1.61. The maximum absolute atomic E-state index is 11.9. The number of carbonyl (C=O) groups is 1. The highest BCUT2D eigenvalue weighted by atomic mass is 16.5. The van der Waals surface area contributed by atoms with E-state index in [1.54, 1.807) is 0 Å². The van der Waals surface area contributed by atoms with Gasteiger partial charge in [0.05, 0.1) is 0 Å². The number of amides is 2. The van der Waals surface area contributed by atoms with E-state index in [2.05, 4.69) is 10.2 Å². The number of β-amino-alcohol motifs (C(OH)–C–C–N with tert-alkyl or cyclic N) is 1. The smallest absolute Gasteiger partial charge is 0.317 e. The van der Waals surface area contributed by atoms with Gasteiger partial charge in [0, 0.05) is 38.8 Å². The van der Waals surface area contributed by atoms with E-state index in [9.17, 15) is 9.90 Å². The molecule has 2 amide bonds. The average molecular weight is 347 g/mol. The van der Waals surface area contributed by atoms with Gasteiger partial charge >= 0.3 is 6.03 Å². The Labute approximate surface area is 149 Å². The van der Waals surface area contributed by atoms with Crippen LogP contribution in [0.3, 0.4) is 0 Å². The van der Waals surface area contributed by atoms with Crippen molar-refractivity contribution in [1.29, 1.82) is 0 Å². The highest BCUT2D eigenvalue weighted by Crippen LogP contribution is 2.19. The lowest BCUT2D eigenvalue weighted by Crippen LogP contribution is -2.54. The summed E-state index contributed by atoms with van der Waals surface area (Å²) in [5, 5.41) is 13.2. The van der Waals surface area contributed by atoms with E-state index >= 15 is 0 Å². The number of hydrogen-bond donors (Lipinski definition) is 2. The van der Waals surface area contributed by atoms with E-state index in [1.807, 2.05) is 36.1 Å². The number of nitrogens with zero attached hydrogens (tertiary/aromatic N) is 2. The van der Waals surface area contributed by atoms with Crippen LogP contribution in [0.25, 0.3) is 0 Å². The molecule has 1 aromatic rings. The monoisotopic (exact) mass is 347 g/mol. The maximum Gasteiger partial charge on any atom is 0.317 e. The molecule has 2 heterocycles. The maximum atomic E-state index is 11.9. The molecular formula is C19H29N3O3. The summed E-state index contributed by atoms with van der Waals surface area (Å²) in [6, 6.07) is 8.26. The number of nitrogens with one attached hydrogen (secondary N) is 1. The average Bonchev–Trinajstić information content (AvgIpc) is 2.62. The minimum atomic E-state index is -0.505. The van der Waals surface area contributed by atoms with E-state index in [-0.39, 0.29) is 6.03 Å². The highest BCUT2D eigenvalue weighted by molar-refractivity contribution is 5.75. The molecule has 6 nitrogen and oxygen atoms in total. The number of aliphatic hydroxyl groups excluding tert-OH is 1. The lowest BCUT2D eigenvalue weighted by molar-refractivity contribution is 0.0473. The van der Waals surface area contributed by atoms with Crippen molar-refractivity contribution in [3.63, 3.8) is 0 Å². The summed E-state index contributed by atoms with van der Waals surface area (Å²) in [6.45, 7) is 6.41. The first kappa shape index (κ1) is 18.0. The molecule has 0 aromatic heterocycles. The second-order valence-corrected chi connectivity index (χ2v) is 7.04. The van der Waals surface area contributed by atoms with Crippen LogP contribution in [0.2, 0.25) is 0 Å². The van der Waals surface area contributed by atoms with E-state index in [4.69, 9.17) is 4.74 Å². The van der Waals surface area contributed by atoms with Crippen LogP contribution in [-0.2, 0) is 0 Å². The lowest BCUT2D eigenvalue weighted by atomic mass is 10.0. The van der Waals surface area contributed by atoms with Crippen molar-refractivity contribution >= 4 is 6.03 Å². The van der Waals surface area contributed by atoms with Crippen LogP contribution < -0.4 is 10.1 Å². The Kier molecular flexibility index (Phi) is 6.15. The van der Waals surface area contributed by atoms with Crippen molar-refractivity contribution in [3.8, 4) is 5.75 Å². The molecule has 0 aliphatic carbocycles. The number of carbonyl (C=O) groups excluding carboxylic acids is 1. The van der Waals surface area contributed by atoms with E-state index in [1.165, 1.54) is 0 Å². The Morgan fingerprint density at radius 2 is 2.04 bits per heavy atom. The van der Waals surface area contributed by atoms with Crippen molar-refractivity contribution in [1.82, 2.24) is 15.1 Å². The van der Waals surface area contributed by atoms with Gasteiger partial charge in [0.25, 0.3) is 0 Å². The number of likely N-dealkylation sites (tertiary alicyclic amines) is 1. The van der Waals surface area contributed by atoms with Crippen LogP contribution in [0.5, 0.6) is 5.75 Å². The summed E-state index contributed by atoms with van der Waals surface area (Å²) in [5.41, 5.74) is 1.08. The number of aryl methyl sites for hydroxylation is 1. The molecule has 0 radical (unpaired) electrons. The molecule has 138 valence electrons. The van der Waals surface area contributed by atoms with Gasteiger partial charge in [-0.25, -0.2) is 4.79 Å². The topological polar surface area (TPSA) is 65.0 Å². The van der Waals surface area contributed by atoms with Crippen LogP contribution in [-0.4, -0.2) is 72.4 Å². The van der Waals surface area contributed by atoms with Crippen LogP contribution in [0, 0.1) is 6.92 Å². The molecule has 2 N–H and O–H groups in total. The standard InChI is InChI=1S/C19H29N3O3/c1-15-5-2-3-6-18(15)25-14-17(23)13-21-11-7-16(8-12-21)22-10-4-9-20-19(22)24/h2-3,5-6,16-17,23H,4,7-14H2,1H3,(H,20,24). The first-order valence-electron chi connectivity index (χ1n) is 9.27. The third-order valence-corrected chi connectivity index (χ3v) is 5.10. The van der Waals surface area contributed by atoms with Gasteiger partial charge < -0.3 is 25.0 Å². The molecule has 1 unspecified atom stereocenters. The van der Waals surface area contributed by atoms with Gasteiger partial charge in [-0.15, -0.1) is 0 Å². The predicted molar refractivity (Wildman–Crippen MR) is 96.9 cm³/mol. The fourth-order valence-corrected chi connectivity index (χ4v) is 3.66. The fourth-order valence-electron chi connectivity index (χ4n) is 3.66. The number of urea groups is 1. The molecule has 25 heavy (non-hydrogen) atoms. The van der Waals surface area contributed by atoms with E-state index < -0.39 is 6.10 Å². The molecule has 0 spiro atoms. The quantitative estimate of drug-likeness (QED) is 0.821. The van der Waals surface area contributed by atoms with Gasteiger partial charge in [-0.05, 0) is 37.8 Å². The summed E-state index contributed by atoms with van der Waals surface area (Å²) in [7, 11) is 0. The van der Waals surface area contributed by atoms with Gasteiger partial charge in [0.1, 0.15) is 18.5 Å². The third kappa shape index (κ3) is 4.86. The molecule has 2 saturated heterocycles. The summed E-state index contributed by atoms with van der Waals surface area (Å²) < 4.78 is 5.73. The van der Waals surface area contributed by atoms with E-state index in [0.29, 0.717) is 19.2 Å². The molecule has 2 aliphatic heterocycles. The molecule has 0 saturated carbocycles. The minimum Gasteiger partial charge on any atom is -0.491 e. The minimum absolute atomic E-state index is 0.0800.